The zero-order valence-electron chi connectivity index (χ0n) is 16.2. The fourth-order valence-electron chi connectivity index (χ4n) is 3.65. The number of amidine groups is 1. The van der Waals surface area contributed by atoms with E-state index in [9.17, 15) is 4.79 Å². The van der Waals surface area contributed by atoms with E-state index in [1.807, 2.05) is 29.3 Å². The molecule has 1 aliphatic heterocycles. The van der Waals surface area contributed by atoms with E-state index in [1.54, 1.807) is 6.20 Å². The molecule has 2 heterocycles. The Morgan fingerprint density at radius 1 is 1.15 bits per heavy atom. The third kappa shape index (κ3) is 4.54. The van der Waals surface area contributed by atoms with Crippen LogP contribution in [-0.4, -0.2) is 34.7 Å². The minimum absolute atomic E-state index is 0.141. The topological polar surface area (TPSA) is 71.6 Å². The molecule has 0 saturated carbocycles. The Balaban J connectivity index is 1.87. The number of hydrogen-bond donors (Lipinski definition) is 1. The Hall–Kier alpha value is -2.69. The molecule has 0 aliphatic carbocycles. The van der Waals surface area contributed by atoms with Gasteiger partial charge in [0.1, 0.15) is 5.84 Å². The van der Waals surface area contributed by atoms with E-state index in [-0.39, 0.29) is 11.8 Å². The van der Waals surface area contributed by atoms with Crippen molar-refractivity contribution in [2.45, 2.75) is 39.5 Å². The number of carbonyl (C=O) groups excluding carboxylic acids is 1. The SMILES string of the molecule is CCCN(CCC)C(=O)C1CC(N)=Nc2cc(-c3cccnc3)ccc2C1. The Morgan fingerprint density at radius 2 is 1.93 bits per heavy atom. The van der Waals surface area contributed by atoms with E-state index in [0.29, 0.717) is 18.7 Å². The van der Waals surface area contributed by atoms with E-state index in [4.69, 9.17) is 5.73 Å². The van der Waals surface area contributed by atoms with Crippen LogP contribution in [0.25, 0.3) is 11.1 Å². The van der Waals surface area contributed by atoms with Crippen LogP contribution in [-0.2, 0) is 11.2 Å². The summed E-state index contributed by atoms with van der Waals surface area (Å²) in [5.41, 5.74) is 10.2. The summed E-state index contributed by atoms with van der Waals surface area (Å²) in [5.74, 6) is 0.585. The molecule has 0 radical (unpaired) electrons. The van der Waals surface area contributed by atoms with Crippen LogP contribution in [0.3, 0.4) is 0 Å². The zero-order chi connectivity index (χ0) is 19.2. The standard InChI is InChI=1S/C22H28N4O/c1-3-10-26(11-4-2)22(27)19-12-17-8-7-16(18-6-5-9-24-15-18)13-20(17)25-21(23)14-19/h5-9,13,15,19H,3-4,10-12,14H2,1-2H3,(H2,23,25). The molecule has 0 fully saturated rings. The van der Waals surface area contributed by atoms with E-state index in [0.717, 1.165) is 48.3 Å². The van der Waals surface area contributed by atoms with Crippen molar-refractivity contribution in [3.05, 3.63) is 48.3 Å². The average molecular weight is 364 g/mol. The molecule has 0 saturated heterocycles. The van der Waals surface area contributed by atoms with Gasteiger partial charge in [-0.3, -0.25) is 9.78 Å². The summed E-state index contributed by atoms with van der Waals surface area (Å²) in [5, 5.41) is 0. The number of aliphatic imine (C=N–C) groups is 1. The maximum Gasteiger partial charge on any atom is 0.226 e. The predicted octanol–water partition coefficient (Wildman–Crippen LogP) is 3.95. The second-order valence-corrected chi connectivity index (χ2v) is 7.12. The van der Waals surface area contributed by atoms with Crippen LogP contribution < -0.4 is 5.73 Å². The first kappa shape index (κ1) is 19.1. The molecule has 1 unspecified atom stereocenters. The lowest BCUT2D eigenvalue weighted by molar-refractivity contribution is -0.135. The summed E-state index contributed by atoms with van der Waals surface area (Å²) in [6, 6.07) is 10.1. The van der Waals surface area contributed by atoms with E-state index >= 15 is 0 Å². The minimum Gasteiger partial charge on any atom is -0.387 e. The van der Waals surface area contributed by atoms with Crippen molar-refractivity contribution in [2.24, 2.45) is 16.6 Å². The van der Waals surface area contributed by atoms with Crippen LogP contribution in [0.4, 0.5) is 5.69 Å². The lowest BCUT2D eigenvalue weighted by Gasteiger charge is -2.26. The quantitative estimate of drug-likeness (QED) is 0.843. The molecule has 1 aliphatic rings. The molecular formula is C22H28N4O. The number of hydrogen-bond acceptors (Lipinski definition) is 4. The van der Waals surface area contributed by atoms with Crippen molar-refractivity contribution >= 4 is 17.4 Å². The smallest absolute Gasteiger partial charge is 0.226 e. The van der Waals surface area contributed by atoms with Gasteiger partial charge in [-0.05, 0) is 42.5 Å². The fraction of sp³-hybridized carbons (Fsp3) is 0.409. The van der Waals surface area contributed by atoms with Crippen LogP contribution in [0.5, 0.6) is 0 Å². The predicted molar refractivity (Wildman–Crippen MR) is 110 cm³/mol. The van der Waals surface area contributed by atoms with Crippen LogP contribution >= 0.6 is 0 Å². The number of nitrogens with two attached hydrogens (primary N) is 1. The molecule has 0 bridgehead atoms. The summed E-state index contributed by atoms with van der Waals surface area (Å²) in [6.07, 6.45) is 6.72. The molecule has 2 N–H and O–H groups in total. The van der Waals surface area contributed by atoms with Crippen molar-refractivity contribution < 1.29 is 4.79 Å². The Morgan fingerprint density at radius 3 is 2.59 bits per heavy atom. The van der Waals surface area contributed by atoms with Gasteiger partial charge < -0.3 is 10.6 Å². The number of amides is 1. The van der Waals surface area contributed by atoms with Gasteiger partial charge in [-0.25, -0.2) is 4.99 Å². The zero-order valence-corrected chi connectivity index (χ0v) is 16.2. The molecule has 1 aromatic carbocycles. The first-order valence-electron chi connectivity index (χ1n) is 9.77. The molecule has 1 amide bonds. The first-order valence-corrected chi connectivity index (χ1v) is 9.77. The van der Waals surface area contributed by atoms with E-state index in [1.165, 1.54) is 0 Å². The van der Waals surface area contributed by atoms with Gasteiger partial charge >= 0.3 is 0 Å². The van der Waals surface area contributed by atoms with Gasteiger partial charge in [0.05, 0.1) is 5.69 Å². The van der Waals surface area contributed by atoms with Gasteiger partial charge in [0.15, 0.2) is 0 Å². The van der Waals surface area contributed by atoms with Crippen LogP contribution in [0.15, 0.2) is 47.7 Å². The van der Waals surface area contributed by atoms with Crippen molar-refractivity contribution in [3.63, 3.8) is 0 Å². The lowest BCUT2D eigenvalue weighted by atomic mass is 9.93. The number of nitrogens with zero attached hydrogens (tertiary/aromatic N) is 3. The summed E-state index contributed by atoms with van der Waals surface area (Å²) in [7, 11) is 0. The Bertz CT molecular complexity index is 810. The van der Waals surface area contributed by atoms with Crippen LogP contribution in [0.2, 0.25) is 0 Å². The third-order valence-electron chi connectivity index (χ3n) is 4.91. The second kappa shape index (κ2) is 8.80. The Labute approximate surface area is 161 Å². The highest BCUT2D eigenvalue weighted by Gasteiger charge is 2.27. The van der Waals surface area contributed by atoms with Crippen LogP contribution in [0.1, 0.15) is 38.7 Å². The molecule has 1 atom stereocenters. The van der Waals surface area contributed by atoms with Crippen molar-refractivity contribution in [3.8, 4) is 11.1 Å². The number of carbonyl (C=O) groups is 1. The monoisotopic (exact) mass is 364 g/mol. The van der Waals surface area contributed by atoms with Crippen molar-refractivity contribution in [2.75, 3.05) is 13.1 Å². The summed E-state index contributed by atoms with van der Waals surface area (Å²) < 4.78 is 0. The van der Waals surface area contributed by atoms with E-state index < -0.39 is 0 Å². The molecule has 0 spiro atoms. The van der Waals surface area contributed by atoms with Gasteiger partial charge in [0.2, 0.25) is 5.91 Å². The fourth-order valence-corrected chi connectivity index (χ4v) is 3.65. The molecule has 3 rings (SSSR count). The molecule has 5 nitrogen and oxygen atoms in total. The average Bonchev–Trinajstić information content (AvgIpc) is 2.85. The highest BCUT2D eigenvalue weighted by atomic mass is 16.2. The highest BCUT2D eigenvalue weighted by molar-refractivity contribution is 5.91. The van der Waals surface area contributed by atoms with Crippen LogP contribution in [0, 0.1) is 5.92 Å². The molecular weight excluding hydrogens is 336 g/mol. The van der Waals surface area contributed by atoms with Crippen molar-refractivity contribution in [1.82, 2.24) is 9.88 Å². The molecule has 1 aromatic heterocycles. The van der Waals surface area contributed by atoms with Gasteiger partial charge in [0, 0.05) is 43.4 Å². The van der Waals surface area contributed by atoms with Gasteiger partial charge in [-0.1, -0.05) is 32.0 Å². The van der Waals surface area contributed by atoms with Gasteiger partial charge in [-0.2, -0.15) is 0 Å². The molecule has 142 valence electrons. The number of aromatic nitrogens is 1. The summed E-state index contributed by atoms with van der Waals surface area (Å²) >= 11 is 0. The highest BCUT2D eigenvalue weighted by Crippen LogP contribution is 2.32. The lowest BCUT2D eigenvalue weighted by Crippen LogP contribution is -2.39. The number of fused-ring (bicyclic) bond motifs is 1. The third-order valence-corrected chi connectivity index (χ3v) is 4.91. The normalized spacial score (nSPS) is 16.2. The molecule has 5 heteroatoms. The minimum atomic E-state index is -0.141. The number of rotatable bonds is 6. The largest absolute Gasteiger partial charge is 0.387 e. The maximum atomic E-state index is 13.1. The van der Waals surface area contributed by atoms with E-state index in [2.05, 4.69) is 36.0 Å². The van der Waals surface area contributed by atoms with Crippen molar-refractivity contribution in [1.29, 1.82) is 0 Å². The summed E-state index contributed by atoms with van der Waals surface area (Å²) in [4.78, 5) is 23.9. The number of pyridine rings is 1. The second-order valence-electron chi connectivity index (χ2n) is 7.12. The Kier molecular flexibility index (Phi) is 6.22. The van der Waals surface area contributed by atoms with Gasteiger partial charge in [-0.15, -0.1) is 0 Å². The maximum absolute atomic E-state index is 13.1. The van der Waals surface area contributed by atoms with Gasteiger partial charge in [0.25, 0.3) is 0 Å². The molecule has 27 heavy (non-hydrogen) atoms. The summed E-state index contributed by atoms with van der Waals surface area (Å²) in [6.45, 7) is 5.81. The first-order chi connectivity index (χ1) is 13.1. The number of benzene rings is 1. The molecule has 2 aromatic rings.